The smallest absolute Gasteiger partial charge is 0.407 e. The zero-order valence-electron chi connectivity index (χ0n) is 9.41. The van der Waals surface area contributed by atoms with E-state index in [0.717, 1.165) is 0 Å². The molecule has 18 heavy (non-hydrogen) atoms. The van der Waals surface area contributed by atoms with Gasteiger partial charge in [0.2, 0.25) is 0 Å². The van der Waals surface area contributed by atoms with Crippen LogP contribution < -0.4 is 5.32 Å². The first-order valence-electron chi connectivity index (χ1n) is 5.06. The molecule has 7 heteroatoms. The third-order valence-electron chi connectivity index (χ3n) is 1.99. The number of nitrogens with zero attached hydrogens (tertiary/aromatic N) is 1. The summed E-state index contributed by atoms with van der Waals surface area (Å²) in [6.07, 6.45) is 1.05. The van der Waals surface area contributed by atoms with Gasteiger partial charge in [-0.25, -0.2) is 15.4 Å². The summed E-state index contributed by atoms with van der Waals surface area (Å²) in [6.45, 7) is 0.394. The van der Waals surface area contributed by atoms with Crippen LogP contribution in [0.2, 0.25) is 0 Å². The molecule has 0 atom stereocenters. The molecular formula is C11H12N2O4S. The van der Waals surface area contributed by atoms with Gasteiger partial charge >= 0.3 is 11.8 Å². The van der Waals surface area contributed by atoms with E-state index in [-0.39, 0.29) is 17.2 Å². The SMILES string of the molecule is O=C(NC/C=C\[S-])OCc1ccc([N+](=O)O)cc1. The van der Waals surface area contributed by atoms with Crippen LogP contribution in [0, 0.1) is 4.91 Å². The van der Waals surface area contributed by atoms with E-state index in [1.807, 2.05) is 0 Å². The fourth-order valence-electron chi connectivity index (χ4n) is 1.11. The van der Waals surface area contributed by atoms with Crippen molar-refractivity contribution in [2.75, 3.05) is 6.54 Å². The summed E-state index contributed by atoms with van der Waals surface area (Å²) in [6, 6.07) is 5.99. The minimum Gasteiger partial charge on any atom is -0.788 e. The van der Waals surface area contributed by atoms with Crippen molar-refractivity contribution in [3.63, 3.8) is 0 Å². The first-order chi connectivity index (χ1) is 8.63. The van der Waals surface area contributed by atoms with Gasteiger partial charge in [0.1, 0.15) is 6.61 Å². The molecule has 1 aromatic rings. The lowest BCUT2D eigenvalue weighted by Gasteiger charge is -2.05. The molecule has 2 N–H and O–H groups in total. The lowest BCUT2D eigenvalue weighted by molar-refractivity contribution is -0.729. The largest absolute Gasteiger partial charge is 0.788 e. The van der Waals surface area contributed by atoms with Gasteiger partial charge in [-0.2, -0.15) is 0 Å². The summed E-state index contributed by atoms with van der Waals surface area (Å²) >= 11 is 4.56. The Bertz CT molecular complexity index is 445. The second kappa shape index (κ2) is 7.23. The number of nitrogens with one attached hydrogen (secondary N) is 1. The average Bonchev–Trinajstić information content (AvgIpc) is 2.37. The molecule has 0 radical (unpaired) electrons. The van der Waals surface area contributed by atoms with Gasteiger partial charge in [-0.3, -0.25) is 0 Å². The maximum absolute atomic E-state index is 11.2. The molecule has 0 fully saturated rings. The molecule has 0 unspecified atom stereocenters. The number of carbonyl (C=O) groups excluding carboxylic acids is 1. The predicted octanol–water partition coefficient (Wildman–Crippen LogP) is 1.77. The molecule has 0 aliphatic carbocycles. The molecule has 6 nitrogen and oxygen atoms in total. The highest BCUT2D eigenvalue weighted by molar-refractivity contribution is 7.62. The van der Waals surface area contributed by atoms with Gasteiger partial charge in [0, 0.05) is 18.7 Å². The molecule has 0 spiro atoms. The Kier molecular flexibility index (Phi) is 5.59. The van der Waals surface area contributed by atoms with E-state index in [2.05, 4.69) is 17.9 Å². The Morgan fingerprint density at radius 2 is 2.11 bits per heavy atom. The van der Waals surface area contributed by atoms with Crippen molar-refractivity contribution >= 4 is 24.4 Å². The summed E-state index contributed by atoms with van der Waals surface area (Å²) < 4.78 is 4.90. The maximum Gasteiger partial charge on any atom is 0.407 e. The van der Waals surface area contributed by atoms with Crippen molar-refractivity contribution in [1.82, 2.24) is 5.32 Å². The minimum absolute atomic E-state index is 0.0774. The van der Waals surface area contributed by atoms with E-state index in [1.165, 1.54) is 17.5 Å². The van der Waals surface area contributed by atoms with Crippen LogP contribution in [0.5, 0.6) is 0 Å². The second-order valence-corrected chi connectivity index (χ2v) is 3.54. The van der Waals surface area contributed by atoms with Crippen LogP contribution in [0.25, 0.3) is 0 Å². The molecule has 0 bridgehead atoms. The molecule has 1 rings (SSSR count). The number of hydrogen-bond donors (Lipinski definition) is 2. The van der Waals surface area contributed by atoms with Crippen molar-refractivity contribution in [2.45, 2.75) is 6.61 Å². The fourth-order valence-corrected chi connectivity index (χ4v) is 1.21. The first kappa shape index (κ1) is 13.9. The molecule has 0 saturated heterocycles. The molecule has 96 valence electrons. The lowest BCUT2D eigenvalue weighted by Crippen LogP contribution is -2.24. The van der Waals surface area contributed by atoms with Crippen LogP contribution in [0.3, 0.4) is 0 Å². The van der Waals surface area contributed by atoms with E-state index in [0.29, 0.717) is 12.1 Å². The molecule has 0 saturated carbocycles. The Balaban J connectivity index is 2.39. The summed E-state index contributed by atoms with van der Waals surface area (Å²) in [7, 11) is 0. The molecule has 1 aromatic carbocycles. The van der Waals surface area contributed by atoms with Crippen LogP contribution in [0.15, 0.2) is 35.7 Å². The fraction of sp³-hybridized carbons (Fsp3) is 0.182. The molecule has 1 amide bonds. The molecule has 0 aliphatic heterocycles. The molecular weight excluding hydrogens is 256 g/mol. The van der Waals surface area contributed by atoms with Crippen LogP contribution in [-0.2, 0) is 24.0 Å². The molecule has 0 aromatic heterocycles. The summed E-state index contributed by atoms with van der Waals surface area (Å²) in [5, 5.41) is 12.5. The monoisotopic (exact) mass is 268 g/mol. The van der Waals surface area contributed by atoms with Crippen LogP contribution in [0.4, 0.5) is 10.5 Å². The number of rotatable bonds is 5. The number of hydrogen-bond acceptors (Lipinski definition) is 4. The third kappa shape index (κ3) is 4.79. The topological polar surface area (TPSA) is 78.6 Å². The highest BCUT2D eigenvalue weighted by Gasteiger charge is 2.10. The summed E-state index contributed by atoms with van der Waals surface area (Å²) in [5.74, 6) is 0. The van der Waals surface area contributed by atoms with Crippen LogP contribution in [0.1, 0.15) is 5.56 Å². The Labute approximate surface area is 109 Å². The van der Waals surface area contributed by atoms with Crippen molar-refractivity contribution in [3.8, 4) is 0 Å². The minimum atomic E-state index is -0.556. The first-order valence-corrected chi connectivity index (χ1v) is 5.53. The van der Waals surface area contributed by atoms with Gasteiger partial charge in [-0.05, 0) is 17.7 Å². The Morgan fingerprint density at radius 3 is 2.67 bits per heavy atom. The van der Waals surface area contributed by atoms with E-state index < -0.39 is 6.09 Å². The highest BCUT2D eigenvalue weighted by atomic mass is 32.1. The van der Waals surface area contributed by atoms with Crippen molar-refractivity contribution in [2.24, 2.45) is 0 Å². The van der Waals surface area contributed by atoms with Gasteiger partial charge in [0.05, 0.1) is 4.91 Å². The van der Waals surface area contributed by atoms with Crippen molar-refractivity contribution in [1.29, 1.82) is 0 Å². The zero-order chi connectivity index (χ0) is 13.4. The standard InChI is InChI=1S/C11H12N2O4S/c14-11(12-6-1-7-18)17-8-9-2-4-10(5-3-9)13(15)16/h1-5,7H,6,8H2,(H2-,12,14,15,16,18)/b7-1-. The third-order valence-corrected chi connectivity index (χ3v) is 2.18. The van der Waals surface area contributed by atoms with Crippen molar-refractivity contribution in [3.05, 3.63) is 46.2 Å². The number of benzene rings is 1. The van der Waals surface area contributed by atoms with E-state index in [9.17, 15) is 9.70 Å². The second-order valence-electron chi connectivity index (χ2n) is 3.27. The normalized spacial score (nSPS) is 10.2. The van der Waals surface area contributed by atoms with E-state index in [1.54, 1.807) is 18.2 Å². The van der Waals surface area contributed by atoms with E-state index >= 15 is 0 Å². The van der Waals surface area contributed by atoms with Crippen molar-refractivity contribution < 1.29 is 19.7 Å². The lowest BCUT2D eigenvalue weighted by atomic mass is 10.2. The highest BCUT2D eigenvalue weighted by Crippen LogP contribution is 2.11. The van der Waals surface area contributed by atoms with Gasteiger partial charge in [-0.15, -0.1) is 0 Å². The Morgan fingerprint density at radius 1 is 1.44 bits per heavy atom. The quantitative estimate of drug-likeness (QED) is 0.628. The number of amides is 1. The average molecular weight is 268 g/mol. The predicted molar refractivity (Wildman–Crippen MR) is 66.2 cm³/mol. The Hall–Kier alpha value is -2.15. The van der Waals surface area contributed by atoms with Gasteiger partial charge in [0.25, 0.3) is 4.92 Å². The van der Waals surface area contributed by atoms with Gasteiger partial charge in [-0.1, -0.05) is 6.08 Å². The summed E-state index contributed by atoms with van der Waals surface area (Å²) in [4.78, 5) is 21.5. The van der Waals surface area contributed by atoms with Gasteiger partial charge in [0.15, 0.2) is 0 Å². The van der Waals surface area contributed by atoms with E-state index in [4.69, 9.17) is 9.94 Å². The molecule has 0 heterocycles. The zero-order valence-corrected chi connectivity index (χ0v) is 10.2. The number of alkyl carbamates (subject to hydrolysis) is 1. The van der Waals surface area contributed by atoms with Gasteiger partial charge < -0.3 is 22.7 Å². The van der Waals surface area contributed by atoms with Crippen LogP contribution >= 0.6 is 0 Å². The maximum atomic E-state index is 11.2. The number of carbonyl (C=O) groups is 1. The van der Waals surface area contributed by atoms with Crippen LogP contribution in [-0.4, -0.2) is 22.8 Å². The number of ether oxygens (including phenoxy) is 1. The summed E-state index contributed by atoms with van der Waals surface area (Å²) in [5.41, 5.74) is 0.813. The molecule has 0 aliphatic rings.